The molecule has 110 valence electrons. The molecule has 0 saturated carbocycles. The lowest BCUT2D eigenvalue weighted by Gasteiger charge is -2.17. The Balaban J connectivity index is 1.64. The van der Waals surface area contributed by atoms with Gasteiger partial charge in [-0.3, -0.25) is 10.1 Å². The van der Waals surface area contributed by atoms with Crippen molar-refractivity contribution in [2.75, 3.05) is 11.6 Å². The molecule has 1 aromatic carbocycles. The standard InChI is InChI=1S/C14H17N5OS/c1-10(18-14(20)13-6-21-9-16-13)11-2-4-12(5-3-11)19-8-15-7-17-19/h2-5,7-8,10,13,16H,6,9H2,1H3,(H,18,20). The van der Waals surface area contributed by atoms with Crippen molar-refractivity contribution in [2.24, 2.45) is 0 Å². The van der Waals surface area contributed by atoms with E-state index in [1.54, 1.807) is 22.8 Å². The van der Waals surface area contributed by atoms with E-state index < -0.39 is 0 Å². The van der Waals surface area contributed by atoms with Crippen molar-refractivity contribution in [2.45, 2.75) is 19.0 Å². The number of hydrogen-bond donors (Lipinski definition) is 2. The van der Waals surface area contributed by atoms with Crippen molar-refractivity contribution in [3.8, 4) is 5.69 Å². The predicted octanol–water partition coefficient (Wildman–Crippen LogP) is 1.11. The molecule has 7 heteroatoms. The second-order valence-corrected chi connectivity index (χ2v) is 5.96. The fourth-order valence-electron chi connectivity index (χ4n) is 2.22. The first-order valence-electron chi connectivity index (χ1n) is 6.80. The first-order chi connectivity index (χ1) is 10.2. The molecule has 0 bridgehead atoms. The number of aromatic nitrogens is 3. The van der Waals surface area contributed by atoms with Gasteiger partial charge in [0, 0.05) is 11.6 Å². The maximum Gasteiger partial charge on any atom is 0.238 e. The minimum atomic E-state index is -0.0770. The number of nitrogens with one attached hydrogen (secondary N) is 2. The van der Waals surface area contributed by atoms with Crippen LogP contribution in [0.15, 0.2) is 36.9 Å². The maximum atomic E-state index is 12.1. The van der Waals surface area contributed by atoms with Crippen molar-refractivity contribution in [3.05, 3.63) is 42.5 Å². The van der Waals surface area contributed by atoms with Crippen LogP contribution in [-0.2, 0) is 4.79 Å². The molecule has 2 atom stereocenters. The van der Waals surface area contributed by atoms with E-state index in [1.807, 2.05) is 31.2 Å². The lowest BCUT2D eigenvalue weighted by molar-refractivity contribution is -0.123. The van der Waals surface area contributed by atoms with Gasteiger partial charge in [-0.1, -0.05) is 12.1 Å². The van der Waals surface area contributed by atoms with Crippen LogP contribution in [0.1, 0.15) is 18.5 Å². The van der Waals surface area contributed by atoms with Gasteiger partial charge in [0.1, 0.15) is 12.7 Å². The zero-order valence-electron chi connectivity index (χ0n) is 11.7. The molecule has 6 nitrogen and oxygen atoms in total. The Morgan fingerprint density at radius 2 is 2.29 bits per heavy atom. The maximum absolute atomic E-state index is 12.1. The highest BCUT2D eigenvalue weighted by Gasteiger charge is 2.23. The fourth-order valence-corrected chi connectivity index (χ4v) is 3.16. The van der Waals surface area contributed by atoms with Gasteiger partial charge in [0.2, 0.25) is 5.91 Å². The number of carbonyl (C=O) groups excluding carboxylic acids is 1. The van der Waals surface area contributed by atoms with Crippen LogP contribution < -0.4 is 10.6 Å². The highest BCUT2D eigenvalue weighted by molar-refractivity contribution is 7.99. The van der Waals surface area contributed by atoms with E-state index >= 15 is 0 Å². The van der Waals surface area contributed by atoms with Crippen LogP contribution in [0.3, 0.4) is 0 Å². The molecule has 2 N–H and O–H groups in total. The monoisotopic (exact) mass is 303 g/mol. The van der Waals surface area contributed by atoms with E-state index in [0.29, 0.717) is 0 Å². The number of carbonyl (C=O) groups is 1. The average Bonchev–Trinajstić information content (AvgIpc) is 3.20. The van der Waals surface area contributed by atoms with Crippen molar-refractivity contribution < 1.29 is 4.79 Å². The summed E-state index contributed by atoms with van der Waals surface area (Å²) in [7, 11) is 0. The van der Waals surface area contributed by atoms with Gasteiger partial charge in [-0.15, -0.1) is 11.8 Å². The van der Waals surface area contributed by atoms with E-state index in [0.717, 1.165) is 22.9 Å². The van der Waals surface area contributed by atoms with Crippen molar-refractivity contribution >= 4 is 17.7 Å². The lowest BCUT2D eigenvalue weighted by atomic mass is 10.1. The van der Waals surface area contributed by atoms with Gasteiger partial charge in [-0.2, -0.15) is 5.10 Å². The summed E-state index contributed by atoms with van der Waals surface area (Å²) in [5.41, 5.74) is 2.02. The van der Waals surface area contributed by atoms with Crippen LogP contribution in [0.5, 0.6) is 0 Å². The van der Waals surface area contributed by atoms with E-state index in [-0.39, 0.29) is 18.0 Å². The van der Waals surface area contributed by atoms with Gasteiger partial charge in [0.15, 0.2) is 0 Å². The Kier molecular flexibility index (Phi) is 4.21. The molecule has 0 spiro atoms. The van der Waals surface area contributed by atoms with Gasteiger partial charge in [-0.05, 0) is 24.6 Å². The molecule has 21 heavy (non-hydrogen) atoms. The zero-order chi connectivity index (χ0) is 14.7. The van der Waals surface area contributed by atoms with Crippen LogP contribution in [0.2, 0.25) is 0 Å². The average molecular weight is 303 g/mol. The first-order valence-corrected chi connectivity index (χ1v) is 7.96. The molecule has 1 saturated heterocycles. The second-order valence-electron chi connectivity index (χ2n) is 4.93. The highest BCUT2D eigenvalue weighted by atomic mass is 32.2. The molecular weight excluding hydrogens is 286 g/mol. The van der Waals surface area contributed by atoms with Gasteiger partial charge < -0.3 is 5.32 Å². The number of rotatable bonds is 4. The summed E-state index contributed by atoms with van der Waals surface area (Å²) in [6, 6.07) is 7.84. The van der Waals surface area contributed by atoms with E-state index in [1.165, 1.54) is 6.33 Å². The molecule has 1 aliphatic rings. The van der Waals surface area contributed by atoms with Crippen molar-refractivity contribution in [1.29, 1.82) is 0 Å². The molecule has 2 heterocycles. The van der Waals surface area contributed by atoms with Gasteiger partial charge >= 0.3 is 0 Å². The minimum Gasteiger partial charge on any atom is -0.348 e. The van der Waals surface area contributed by atoms with E-state index in [2.05, 4.69) is 20.7 Å². The second kappa shape index (κ2) is 6.28. The zero-order valence-corrected chi connectivity index (χ0v) is 12.5. The fraction of sp³-hybridized carbons (Fsp3) is 0.357. The summed E-state index contributed by atoms with van der Waals surface area (Å²) >= 11 is 1.75. The summed E-state index contributed by atoms with van der Waals surface area (Å²) in [5, 5.41) is 10.3. The molecule has 2 unspecified atom stereocenters. The van der Waals surface area contributed by atoms with Crippen LogP contribution in [-0.4, -0.2) is 38.3 Å². The summed E-state index contributed by atoms with van der Waals surface area (Å²) < 4.78 is 1.70. The number of benzene rings is 1. The number of thioether (sulfide) groups is 1. The molecule has 2 aromatic rings. The SMILES string of the molecule is CC(NC(=O)C1CSCN1)c1ccc(-n2cncn2)cc1. The molecule has 1 aliphatic heterocycles. The summed E-state index contributed by atoms with van der Waals surface area (Å²) in [4.78, 5) is 16.0. The topological polar surface area (TPSA) is 71.8 Å². The van der Waals surface area contributed by atoms with Crippen molar-refractivity contribution in [1.82, 2.24) is 25.4 Å². The van der Waals surface area contributed by atoms with Crippen LogP contribution in [0.25, 0.3) is 5.69 Å². The summed E-state index contributed by atoms with van der Waals surface area (Å²) in [6.07, 6.45) is 3.16. The molecule has 1 aromatic heterocycles. The largest absolute Gasteiger partial charge is 0.348 e. The minimum absolute atomic E-state index is 0.0188. The third kappa shape index (κ3) is 3.25. The smallest absolute Gasteiger partial charge is 0.238 e. The van der Waals surface area contributed by atoms with Crippen molar-refractivity contribution in [3.63, 3.8) is 0 Å². The molecule has 0 radical (unpaired) electrons. The summed E-state index contributed by atoms with van der Waals surface area (Å²) in [6.45, 7) is 1.99. The summed E-state index contributed by atoms with van der Waals surface area (Å²) in [5.74, 6) is 1.75. The Morgan fingerprint density at radius 3 is 2.90 bits per heavy atom. The third-order valence-electron chi connectivity index (χ3n) is 3.47. The molecule has 1 fully saturated rings. The van der Waals surface area contributed by atoms with Crippen LogP contribution in [0, 0.1) is 0 Å². The molecular formula is C14H17N5OS. The molecule has 1 amide bonds. The Hall–Kier alpha value is -1.86. The predicted molar refractivity (Wildman–Crippen MR) is 82.2 cm³/mol. The third-order valence-corrected chi connectivity index (χ3v) is 4.41. The highest BCUT2D eigenvalue weighted by Crippen LogP contribution is 2.16. The Labute approximate surface area is 127 Å². The number of nitrogens with zero attached hydrogens (tertiary/aromatic N) is 3. The van der Waals surface area contributed by atoms with Crippen LogP contribution in [0.4, 0.5) is 0 Å². The quantitative estimate of drug-likeness (QED) is 0.885. The lowest BCUT2D eigenvalue weighted by Crippen LogP contribution is -2.42. The molecule has 3 rings (SSSR count). The van der Waals surface area contributed by atoms with Crippen LogP contribution >= 0.6 is 11.8 Å². The first kappa shape index (κ1) is 14.1. The number of amides is 1. The number of hydrogen-bond acceptors (Lipinski definition) is 5. The van der Waals surface area contributed by atoms with E-state index in [4.69, 9.17) is 0 Å². The Morgan fingerprint density at radius 1 is 1.48 bits per heavy atom. The van der Waals surface area contributed by atoms with Gasteiger partial charge in [-0.25, -0.2) is 9.67 Å². The van der Waals surface area contributed by atoms with Gasteiger partial charge in [0.05, 0.1) is 17.8 Å². The van der Waals surface area contributed by atoms with E-state index in [9.17, 15) is 4.79 Å². The Bertz CT molecular complexity index is 592. The van der Waals surface area contributed by atoms with Gasteiger partial charge in [0.25, 0.3) is 0 Å². The molecule has 0 aliphatic carbocycles. The normalized spacial score (nSPS) is 19.4.